The zero-order valence-corrected chi connectivity index (χ0v) is 14.3. The van der Waals surface area contributed by atoms with Crippen LogP contribution in [0.25, 0.3) is 11.0 Å². The van der Waals surface area contributed by atoms with Crippen LogP contribution in [0.4, 0.5) is 5.95 Å². The number of fused-ring (bicyclic) bond motifs is 1. The molecule has 126 valence electrons. The van der Waals surface area contributed by atoms with Crippen LogP contribution in [0.2, 0.25) is 0 Å². The lowest BCUT2D eigenvalue weighted by molar-refractivity contribution is -0.0471. The summed E-state index contributed by atoms with van der Waals surface area (Å²) in [5.74, 6) is 0.386. The molecule has 4 N–H and O–H groups in total. The second kappa shape index (κ2) is 6.19. The Kier molecular flexibility index (Phi) is 4.41. The van der Waals surface area contributed by atoms with Gasteiger partial charge in [0.2, 0.25) is 11.8 Å². The van der Waals surface area contributed by atoms with Crippen molar-refractivity contribution in [2.45, 2.75) is 44.8 Å². The van der Waals surface area contributed by atoms with Crippen LogP contribution in [0.3, 0.4) is 0 Å². The van der Waals surface area contributed by atoms with E-state index < -0.39 is 18.4 Å². The summed E-state index contributed by atoms with van der Waals surface area (Å²) in [4.78, 5) is 8.34. The molecule has 0 saturated carbocycles. The van der Waals surface area contributed by atoms with E-state index >= 15 is 0 Å². The van der Waals surface area contributed by atoms with Gasteiger partial charge in [0, 0.05) is 6.42 Å². The number of ether oxygens (including phenoxy) is 2. The number of hydrogen-bond acceptors (Lipinski definition) is 8. The Hall–Kier alpha value is -1.49. The van der Waals surface area contributed by atoms with E-state index in [1.165, 1.54) is 4.68 Å². The highest BCUT2D eigenvalue weighted by atomic mass is 79.9. The molecule has 23 heavy (non-hydrogen) atoms. The Labute approximate surface area is 140 Å². The first-order valence-corrected chi connectivity index (χ1v) is 8.02. The minimum atomic E-state index is -0.770. The molecule has 2 aromatic heterocycles. The maximum atomic E-state index is 9.91. The smallest absolute Gasteiger partial charge is 0.231 e. The Balaban J connectivity index is 2.08. The Morgan fingerprint density at radius 1 is 1.48 bits per heavy atom. The molecule has 0 aromatic carbocycles. The molecule has 0 amide bonds. The minimum Gasteiger partial charge on any atom is -0.474 e. The van der Waals surface area contributed by atoms with Gasteiger partial charge in [-0.2, -0.15) is 15.1 Å². The average molecular weight is 388 g/mol. The summed E-state index contributed by atoms with van der Waals surface area (Å²) in [5.41, 5.74) is 6.21. The maximum absolute atomic E-state index is 9.91. The predicted molar refractivity (Wildman–Crippen MR) is 84.8 cm³/mol. The van der Waals surface area contributed by atoms with Crippen molar-refractivity contribution in [3.05, 3.63) is 4.60 Å². The quantitative estimate of drug-likeness (QED) is 0.695. The van der Waals surface area contributed by atoms with Gasteiger partial charge in [0.15, 0.2) is 11.9 Å². The van der Waals surface area contributed by atoms with Crippen molar-refractivity contribution in [1.29, 1.82) is 0 Å². The molecular formula is C13H18BrN5O4. The summed E-state index contributed by atoms with van der Waals surface area (Å²) in [6.07, 6.45) is -1.78. The predicted octanol–water partition coefficient (Wildman–Crippen LogP) is 0.599. The van der Waals surface area contributed by atoms with Crippen LogP contribution in [0.5, 0.6) is 5.88 Å². The summed E-state index contributed by atoms with van der Waals surface area (Å²) >= 11 is 3.38. The lowest BCUT2D eigenvalue weighted by atomic mass is 10.2. The first-order chi connectivity index (χ1) is 10.9. The Morgan fingerprint density at radius 3 is 2.83 bits per heavy atom. The second-order valence-corrected chi connectivity index (χ2v) is 6.35. The van der Waals surface area contributed by atoms with Crippen LogP contribution in [0.1, 0.15) is 26.5 Å². The van der Waals surface area contributed by atoms with Gasteiger partial charge in [-0.05, 0) is 29.8 Å². The molecule has 10 heteroatoms. The zero-order chi connectivity index (χ0) is 16.7. The second-order valence-electron chi connectivity index (χ2n) is 5.60. The summed E-state index contributed by atoms with van der Waals surface area (Å²) in [6, 6.07) is 0. The van der Waals surface area contributed by atoms with E-state index in [1.54, 1.807) is 0 Å². The number of aromatic nitrogens is 4. The van der Waals surface area contributed by atoms with Crippen molar-refractivity contribution in [1.82, 2.24) is 19.7 Å². The molecule has 2 aromatic rings. The van der Waals surface area contributed by atoms with E-state index in [9.17, 15) is 10.2 Å². The molecule has 1 aliphatic heterocycles. The van der Waals surface area contributed by atoms with Gasteiger partial charge in [-0.25, -0.2) is 4.68 Å². The van der Waals surface area contributed by atoms with E-state index in [4.69, 9.17) is 15.2 Å². The van der Waals surface area contributed by atoms with E-state index in [0.717, 1.165) is 0 Å². The third-order valence-corrected chi connectivity index (χ3v) is 4.05. The lowest BCUT2D eigenvalue weighted by Gasteiger charge is -2.13. The molecule has 0 aliphatic carbocycles. The number of rotatable bonds is 4. The number of aliphatic hydroxyl groups excluding tert-OH is 2. The highest BCUT2D eigenvalue weighted by molar-refractivity contribution is 9.10. The lowest BCUT2D eigenvalue weighted by Crippen LogP contribution is -2.24. The van der Waals surface area contributed by atoms with Crippen LogP contribution in [0.15, 0.2) is 4.60 Å². The zero-order valence-electron chi connectivity index (χ0n) is 12.7. The molecule has 3 heterocycles. The fourth-order valence-electron chi connectivity index (χ4n) is 2.52. The molecule has 9 nitrogen and oxygen atoms in total. The first kappa shape index (κ1) is 16.4. The third-order valence-electron chi connectivity index (χ3n) is 3.50. The number of nitrogens with zero attached hydrogens (tertiary/aromatic N) is 4. The maximum Gasteiger partial charge on any atom is 0.231 e. The number of nitrogen functional groups attached to an aromatic ring is 1. The van der Waals surface area contributed by atoms with Crippen LogP contribution >= 0.6 is 15.9 Å². The topological polar surface area (TPSA) is 129 Å². The van der Waals surface area contributed by atoms with Gasteiger partial charge >= 0.3 is 0 Å². The molecule has 3 atom stereocenters. The molecule has 1 fully saturated rings. The number of nitrogens with two attached hydrogens (primary N) is 1. The van der Waals surface area contributed by atoms with Crippen LogP contribution < -0.4 is 10.5 Å². The van der Waals surface area contributed by atoms with Gasteiger partial charge in [0.1, 0.15) is 16.1 Å². The van der Waals surface area contributed by atoms with Crippen LogP contribution in [-0.2, 0) is 4.74 Å². The number of anilines is 1. The van der Waals surface area contributed by atoms with Crippen molar-refractivity contribution in [2.75, 3.05) is 12.3 Å². The van der Waals surface area contributed by atoms with Crippen LogP contribution in [0, 0.1) is 0 Å². The molecule has 3 rings (SSSR count). The largest absolute Gasteiger partial charge is 0.474 e. The fraction of sp³-hybridized carbons (Fsp3) is 0.615. The average Bonchev–Trinajstić information content (AvgIpc) is 2.98. The van der Waals surface area contributed by atoms with Crippen molar-refractivity contribution in [2.24, 2.45) is 0 Å². The third kappa shape index (κ3) is 2.99. The van der Waals surface area contributed by atoms with Gasteiger partial charge < -0.3 is 25.4 Å². The van der Waals surface area contributed by atoms with Crippen molar-refractivity contribution < 1.29 is 19.7 Å². The number of halogens is 1. The molecule has 0 bridgehead atoms. The molecule has 1 aliphatic rings. The standard InChI is InChI=1S/C13H18BrN5O4/c1-5(2)22-12-9-10(14)18-19(11(9)16-13(15)17-12)8-3-6(21)7(4-20)23-8/h5-8,20-21H,3-4H2,1-2H3,(H2,15,16,17)/t6-,7+,8+/m0/s1. The Morgan fingerprint density at radius 2 is 2.22 bits per heavy atom. The summed E-state index contributed by atoms with van der Waals surface area (Å²) in [6.45, 7) is 3.49. The first-order valence-electron chi connectivity index (χ1n) is 7.23. The fourth-order valence-corrected chi connectivity index (χ4v) is 3.04. The van der Waals surface area contributed by atoms with Crippen molar-refractivity contribution in [3.8, 4) is 5.88 Å². The van der Waals surface area contributed by atoms with Gasteiger partial charge in [-0.1, -0.05) is 0 Å². The molecule has 0 spiro atoms. The highest BCUT2D eigenvalue weighted by Crippen LogP contribution is 2.36. The summed E-state index contributed by atoms with van der Waals surface area (Å²) in [5, 5.41) is 24.1. The summed E-state index contributed by atoms with van der Waals surface area (Å²) in [7, 11) is 0. The highest BCUT2D eigenvalue weighted by Gasteiger charge is 2.36. The minimum absolute atomic E-state index is 0.0547. The molecule has 0 radical (unpaired) electrons. The Bertz CT molecular complexity index is 722. The number of aliphatic hydroxyl groups is 2. The van der Waals surface area contributed by atoms with Gasteiger partial charge in [-0.15, -0.1) is 0 Å². The van der Waals surface area contributed by atoms with Crippen molar-refractivity contribution >= 4 is 32.9 Å². The molecule has 0 unspecified atom stereocenters. The van der Waals surface area contributed by atoms with Gasteiger partial charge in [0.25, 0.3) is 0 Å². The SMILES string of the molecule is CC(C)Oc1nc(N)nc2c1c(Br)nn2[C@H]1C[C@H](O)[C@@H](CO)O1. The summed E-state index contributed by atoms with van der Waals surface area (Å²) < 4.78 is 13.3. The van der Waals surface area contributed by atoms with Crippen molar-refractivity contribution in [3.63, 3.8) is 0 Å². The molecule has 1 saturated heterocycles. The van der Waals surface area contributed by atoms with E-state index in [2.05, 4.69) is 31.0 Å². The monoisotopic (exact) mass is 387 g/mol. The van der Waals surface area contributed by atoms with E-state index in [-0.39, 0.29) is 18.7 Å². The number of hydrogen-bond donors (Lipinski definition) is 3. The van der Waals surface area contributed by atoms with E-state index in [1.807, 2.05) is 13.8 Å². The van der Waals surface area contributed by atoms with Crippen LogP contribution in [-0.4, -0.2) is 54.9 Å². The van der Waals surface area contributed by atoms with Gasteiger partial charge in [0.05, 0.1) is 18.8 Å². The normalized spacial score (nSPS) is 24.7. The van der Waals surface area contributed by atoms with Gasteiger partial charge in [-0.3, -0.25) is 0 Å². The molecular weight excluding hydrogens is 370 g/mol. The van der Waals surface area contributed by atoms with E-state index in [0.29, 0.717) is 27.9 Å².